The van der Waals surface area contributed by atoms with Crippen LogP contribution in [-0.2, 0) is 6.18 Å². The van der Waals surface area contributed by atoms with Crippen LogP contribution in [0.4, 0.5) is 13.2 Å². The van der Waals surface area contributed by atoms with E-state index in [1.54, 1.807) is 0 Å². The zero-order valence-corrected chi connectivity index (χ0v) is 5.07. The highest BCUT2D eigenvalue weighted by Crippen LogP contribution is 2.28. The van der Waals surface area contributed by atoms with Crippen molar-refractivity contribution in [2.45, 2.75) is 6.18 Å². The largest absolute Gasteiger partial charge is 0.470 e. The molecule has 0 aromatic carbocycles. The molecule has 3 nitrogen and oxygen atoms in total. The zero-order valence-electron chi connectivity index (χ0n) is 4.31. The Labute approximate surface area is 57.8 Å². The van der Waals surface area contributed by atoms with E-state index in [4.69, 9.17) is 11.6 Å². The van der Waals surface area contributed by atoms with Crippen LogP contribution in [0.15, 0.2) is 4.42 Å². The van der Waals surface area contributed by atoms with Gasteiger partial charge in [0.2, 0.25) is 0 Å². The third-order valence-corrected chi connectivity index (χ3v) is 0.796. The Morgan fingerprint density at radius 1 is 1.30 bits per heavy atom. The topological polar surface area (TPSA) is 38.9 Å². The maximum absolute atomic E-state index is 11.5. The molecule has 0 atom stereocenters. The van der Waals surface area contributed by atoms with Crippen molar-refractivity contribution in [1.29, 1.82) is 0 Å². The molecule has 0 spiro atoms. The third-order valence-electron chi connectivity index (χ3n) is 0.643. The Balaban J connectivity index is 2.96. The first-order valence-electron chi connectivity index (χ1n) is 2.06. The lowest BCUT2D eigenvalue weighted by Crippen LogP contribution is -2.04. The van der Waals surface area contributed by atoms with Crippen molar-refractivity contribution in [3.8, 4) is 0 Å². The first kappa shape index (κ1) is 7.33. The number of nitrogens with zero attached hydrogens (tertiary/aromatic N) is 2. The summed E-state index contributed by atoms with van der Waals surface area (Å²) in [4.78, 5) is 0. The average molecular weight is 172 g/mol. The molecule has 1 rings (SSSR count). The molecule has 1 aromatic heterocycles. The van der Waals surface area contributed by atoms with E-state index in [0.29, 0.717) is 0 Å². The molecule has 0 N–H and O–H groups in total. The number of hydrogen-bond acceptors (Lipinski definition) is 3. The standard InChI is InChI=1S/C3ClF3N2O/c4-2-9-8-1(10-2)3(5,6)7. The summed E-state index contributed by atoms with van der Waals surface area (Å²) in [6.45, 7) is 0. The van der Waals surface area contributed by atoms with E-state index < -0.39 is 17.4 Å². The van der Waals surface area contributed by atoms with Gasteiger partial charge in [-0.05, 0) is 11.6 Å². The molecule has 0 bridgehead atoms. The zero-order chi connectivity index (χ0) is 7.78. The van der Waals surface area contributed by atoms with Crippen molar-refractivity contribution < 1.29 is 17.6 Å². The summed E-state index contributed by atoms with van der Waals surface area (Å²) in [6.07, 6.45) is -4.61. The predicted molar refractivity (Wildman–Crippen MR) is 24.3 cm³/mol. The van der Waals surface area contributed by atoms with E-state index in [1.807, 2.05) is 0 Å². The molecule has 0 saturated carbocycles. The molecule has 0 saturated heterocycles. The number of halogens is 4. The normalized spacial score (nSPS) is 12.0. The van der Waals surface area contributed by atoms with Gasteiger partial charge in [0.05, 0.1) is 0 Å². The van der Waals surface area contributed by atoms with Gasteiger partial charge < -0.3 is 4.42 Å². The molecule has 0 aliphatic carbocycles. The molecule has 0 aliphatic rings. The minimum absolute atomic E-state index is 0.618. The highest BCUT2D eigenvalue weighted by atomic mass is 35.5. The Morgan fingerprint density at radius 3 is 2.10 bits per heavy atom. The van der Waals surface area contributed by atoms with Crippen molar-refractivity contribution >= 4 is 11.6 Å². The van der Waals surface area contributed by atoms with Crippen molar-refractivity contribution in [3.63, 3.8) is 0 Å². The van der Waals surface area contributed by atoms with Gasteiger partial charge in [-0.25, -0.2) is 0 Å². The quantitative estimate of drug-likeness (QED) is 0.598. The van der Waals surface area contributed by atoms with E-state index >= 15 is 0 Å². The summed E-state index contributed by atoms with van der Waals surface area (Å²) in [6, 6.07) is 0. The minimum atomic E-state index is -4.61. The first-order chi connectivity index (χ1) is 4.50. The molecule has 0 fully saturated rings. The Hall–Kier alpha value is -0.780. The van der Waals surface area contributed by atoms with Gasteiger partial charge >= 0.3 is 17.4 Å². The summed E-state index contributed by atoms with van der Waals surface area (Å²) in [5.41, 5.74) is 0. The van der Waals surface area contributed by atoms with Gasteiger partial charge in [0.1, 0.15) is 0 Å². The van der Waals surface area contributed by atoms with Crippen LogP contribution in [-0.4, -0.2) is 10.2 Å². The lowest BCUT2D eigenvalue weighted by Gasteiger charge is -1.95. The summed E-state index contributed by atoms with van der Waals surface area (Å²) < 4.78 is 38.5. The second-order valence-electron chi connectivity index (χ2n) is 1.36. The number of alkyl halides is 3. The van der Waals surface area contributed by atoms with Gasteiger partial charge in [-0.1, -0.05) is 5.10 Å². The smallest absolute Gasteiger partial charge is 0.404 e. The molecule has 0 unspecified atom stereocenters. The average Bonchev–Trinajstić information content (AvgIpc) is 2.11. The molecular weight excluding hydrogens is 172 g/mol. The molecule has 1 aromatic rings. The molecule has 0 amide bonds. The van der Waals surface area contributed by atoms with Crippen LogP contribution >= 0.6 is 11.6 Å². The fourth-order valence-corrected chi connectivity index (χ4v) is 0.431. The van der Waals surface area contributed by atoms with Crippen LogP contribution in [0.1, 0.15) is 5.89 Å². The highest BCUT2D eigenvalue weighted by molar-refractivity contribution is 6.27. The second-order valence-corrected chi connectivity index (χ2v) is 1.68. The van der Waals surface area contributed by atoms with Crippen LogP contribution < -0.4 is 0 Å². The van der Waals surface area contributed by atoms with Crippen LogP contribution in [0, 0.1) is 0 Å². The molecule has 0 radical (unpaired) electrons. The first-order valence-corrected chi connectivity index (χ1v) is 2.44. The molecular formula is C3ClF3N2O. The lowest BCUT2D eigenvalue weighted by atomic mass is 10.7. The fourth-order valence-electron chi connectivity index (χ4n) is 0.320. The Morgan fingerprint density at radius 2 is 1.90 bits per heavy atom. The van der Waals surface area contributed by atoms with Gasteiger partial charge in [0, 0.05) is 0 Å². The minimum Gasteiger partial charge on any atom is -0.404 e. The van der Waals surface area contributed by atoms with Crippen LogP contribution in [0.5, 0.6) is 0 Å². The number of hydrogen-bond donors (Lipinski definition) is 0. The maximum atomic E-state index is 11.5. The van der Waals surface area contributed by atoms with Crippen molar-refractivity contribution in [1.82, 2.24) is 10.2 Å². The number of rotatable bonds is 0. The SMILES string of the molecule is FC(F)(F)c1nnc(Cl)o1. The van der Waals surface area contributed by atoms with E-state index in [2.05, 4.69) is 14.6 Å². The van der Waals surface area contributed by atoms with Gasteiger partial charge in [-0.3, -0.25) is 0 Å². The molecule has 56 valence electrons. The third kappa shape index (κ3) is 1.38. The summed E-state index contributed by atoms with van der Waals surface area (Å²) in [5, 5.41) is 4.81. The maximum Gasteiger partial charge on any atom is 0.470 e. The van der Waals surface area contributed by atoms with Crippen molar-refractivity contribution in [3.05, 3.63) is 11.2 Å². The highest BCUT2D eigenvalue weighted by Gasteiger charge is 2.37. The summed E-state index contributed by atoms with van der Waals surface area (Å²) in [7, 11) is 0. The van der Waals surface area contributed by atoms with Crippen LogP contribution in [0.2, 0.25) is 5.35 Å². The van der Waals surface area contributed by atoms with E-state index in [1.165, 1.54) is 0 Å². The molecule has 0 aliphatic heterocycles. The predicted octanol–water partition coefficient (Wildman–Crippen LogP) is 1.74. The number of aromatic nitrogens is 2. The molecule has 1 heterocycles. The lowest BCUT2D eigenvalue weighted by molar-refractivity contribution is -0.157. The van der Waals surface area contributed by atoms with Gasteiger partial charge in [0.15, 0.2) is 0 Å². The van der Waals surface area contributed by atoms with Crippen molar-refractivity contribution in [2.24, 2.45) is 0 Å². The second kappa shape index (κ2) is 2.12. The molecule has 10 heavy (non-hydrogen) atoms. The van der Waals surface area contributed by atoms with Gasteiger partial charge in [-0.15, -0.1) is 5.10 Å². The van der Waals surface area contributed by atoms with E-state index in [9.17, 15) is 13.2 Å². The Bertz CT molecular complexity index is 232. The Kier molecular flexibility index (Phi) is 1.55. The fraction of sp³-hybridized carbons (Fsp3) is 0.333. The van der Waals surface area contributed by atoms with Crippen molar-refractivity contribution in [2.75, 3.05) is 0 Å². The monoisotopic (exact) mass is 172 g/mol. The van der Waals surface area contributed by atoms with Crippen LogP contribution in [0.3, 0.4) is 0 Å². The van der Waals surface area contributed by atoms with E-state index in [0.717, 1.165) is 0 Å². The van der Waals surface area contributed by atoms with Crippen LogP contribution in [0.25, 0.3) is 0 Å². The molecule has 7 heteroatoms. The summed E-state index contributed by atoms with van der Waals surface area (Å²) in [5.74, 6) is -1.43. The van der Waals surface area contributed by atoms with Gasteiger partial charge in [-0.2, -0.15) is 13.2 Å². The van der Waals surface area contributed by atoms with E-state index in [-0.39, 0.29) is 0 Å². The van der Waals surface area contributed by atoms with Gasteiger partial charge in [0.25, 0.3) is 0 Å². The summed E-state index contributed by atoms with van der Waals surface area (Å²) >= 11 is 4.93.